The molecule has 0 saturated carbocycles. The maximum absolute atomic E-state index is 5.93. The highest BCUT2D eigenvalue weighted by Crippen LogP contribution is 2.25. The lowest BCUT2D eigenvalue weighted by atomic mass is 9.95. The van der Waals surface area contributed by atoms with Crippen molar-refractivity contribution in [2.75, 3.05) is 13.2 Å². The van der Waals surface area contributed by atoms with Gasteiger partial charge in [0.25, 0.3) is 0 Å². The van der Waals surface area contributed by atoms with E-state index in [1.165, 1.54) is 36.8 Å². The first kappa shape index (κ1) is 15.5. The van der Waals surface area contributed by atoms with E-state index in [9.17, 15) is 0 Å². The summed E-state index contributed by atoms with van der Waals surface area (Å²) in [5, 5.41) is 3.70. The minimum atomic E-state index is 0.434. The number of nitrogens with one attached hydrogen (secondary N) is 1. The summed E-state index contributed by atoms with van der Waals surface area (Å²) < 4.78 is 5.93. The Bertz CT molecular complexity index is 385. The van der Waals surface area contributed by atoms with Gasteiger partial charge >= 0.3 is 0 Å². The van der Waals surface area contributed by atoms with E-state index in [0.29, 0.717) is 12.1 Å². The van der Waals surface area contributed by atoms with Crippen molar-refractivity contribution < 1.29 is 4.74 Å². The van der Waals surface area contributed by atoms with E-state index in [0.717, 1.165) is 26.0 Å². The van der Waals surface area contributed by atoms with E-state index in [4.69, 9.17) is 4.74 Å². The van der Waals surface area contributed by atoms with Crippen LogP contribution in [0.4, 0.5) is 0 Å². The van der Waals surface area contributed by atoms with Gasteiger partial charge in [-0.2, -0.15) is 0 Å². The summed E-state index contributed by atoms with van der Waals surface area (Å²) in [5.74, 6) is 0. The van der Waals surface area contributed by atoms with Crippen LogP contribution in [0.2, 0.25) is 0 Å². The Morgan fingerprint density at radius 2 is 2.20 bits per heavy atom. The van der Waals surface area contributed by atoms with Gasteiger partial charge in [-0.3, -0.25) is 0 Å². The Labute approximate surface area is 123 Å². The summed E-state index contributed by atoms with van der Waals surface area (Å²) in [6.45, 7) is 6.47. The zero-order chi connectivity index (χ0) is 14.2. The third-order valence-corrected chi connectivity index (χ3v) is 4.17. The van der Waals surface area contributed by atoms with Gasteiger partial charge in [0.05, 0.1) is 6.10 Å². The maximum Gasteiger partial charge on any atom is 0.0593 e. The van der Waals surface area contributed by atoms with Crippen LogP contribution in [0, 0.1) is 0 Å². The number of hydrogen-bond acceptors (Lipinski definition) is 2. The van der Waals surface area contributed by atoms with Crippen molar-refractivity contribution in [3.8, 4) is 0 Å². The van der Waals surface area contributed by atoms with Crippen molar-refractivity contribution in [1.82, 2.24) is 5.32 Å². The summed E-state index contributed by atoms with van der Waals surface area (Å²) in [7, 11) is 0. The van der Waals surface area contributed by atoms with E-state index < -0.39 is 0 Å². The van der Waals surface area contributed by atoms with Gasteiger partial charge in [0.15, 0.2) is 0 Å². The standard InChI is InChI=1S/C18H29NO/c1-3-11-19-18(14-17-10-5-6-12-20-17)16-9-7-8-15(4-2)13-16/h7-9,13,17-19H,3-6,10-12,14H2,1-2H3. The van der Waals surface area contributed by atoms with Crippen LogP contribution in [-0.4, -0.2) is 19.3 Å². The minimum Gasteiger partial charge on any atom is -0.378 e. The first-order chi connectivity index (χ1) is 9.83. The van der Waals surface area contributed by atoms with Gasteiger partial charge in [-0.1, -0.05) is 38.1 Å². The second-order valence-electron chi connectivity index (χ2n) is 5.83. The second-order valence-corrected chi connectivity index (χ2v) is 5.83. The fourth-order valence-electron chi connectivity index (χ4n) is 2.94. The number of ether oxygens (including phenoxy) is 1. The summed E-state index contributed by atoms with van der Waals surface area (Å²) in [6, 6.07) is 9.46. The highest BCUT2D eigenvalue weighted by molar-refractivity contribution is 5.26. The average molecular weight is 275 g/mol. The molecule has 1 aliphatic heterocycles. The SMILES string of the molecule is CCCNC(CC1CCCCO1)c1cccc(CC)c1. The molecule has 1 heterocycles. The topological polar surface area (TPSA) is 21.3 Å². The lowest BCUT2D eigenvalue weighted by Gasteiger charge is -2.28. The lowest BCUT2D eigenvalue weighted by molar-refractivity contribution is 0.00504. The molecule has 0 radical (unpaired) electrons. The molecule has 1 aromatic rings. The number of hydrogen-bond donors (Lipinski definition) is 1. The van der Waals surface area contributed by atoms with Crippen LogP contribution < -0.4 is 5.32 Å². The zero-order valence-electron chi connectivity index (χ0n) is 13.0. The molecule has 2 rings (SSSR count). The lowest BCUT2D eigenvalue weighted by Crippen LogP contribution is -2.29. The van der Waals surface area contributed by atoms with E-state index in [1.807, 2.05) is 0 Å². The molecular weight excluding hydrogens is 246 g/mol. The van der Waals surface area contributed by atoms with Crippen molar-refractivity contribution in [3.05, 3.63) is 35.4 Å². The summed E-state index contributed by atoms with van der Waals surface area (Å²) >= 11 is 0. The molecule has 1 aromatic carbocycles. The zero-order valence-corrected chi connectivity index (χ0v) is 13.0. The van der Waals surface area contributed by atoms with Crippen molar-refractivity contribution in [2.45, 2.75) is 64.5 Å². The molecule has 2 heteroatoms. The van der Waals surface area contributed by atoms with E-state index in [1.54, 1.807) is 0 Å². The summed E-state index contributed by atoms with van der Waals surface area (Å²) in [6.07, 6.45) is 7.59. The van der Waals surface area contributed by atoms with Crippen LogP contribution in [0.5, 0.6) is 0 Å². The minimum absolute atomic E-state index is 0.434. The smallest absolute Gasteiger partial charge is 0.0593 e. The van der Waals surface area contributed by atoms with Crippen LogP contribution in [-0.2, 0) is 11.2 Å². The number of rotatable bonds is 7. The van der Waals surface area contributed by atoms with Crippen molar-refractivity contribution in [3.63, 3.8) is 0 Å². The fraction of sp³-hybridized carbons (Fsp3) is 0.667. The van der Waals surface area contributed by atoms with Crippen LogP contribution >= 0.6 is 0 Å². The molecule has 1 fully saturated rings. The predicted molar refractivity (Wildman–Crippen MR) is 85.1 cm³/mol. The Morgan fingerprint density at radius 1 is 1.30 bits per heavy atom. The van der Waals surface area contributed by atoms with Crippen molar-refractivity contribution >= 4 is 0 Å². The molecule has 1 N–H and O–H groups in total. The largest absolute Gasteiger partial charge is 0.378 e. The molecule has 0 bridgehead atoms. The van der Waals surface area contributed by atoms with Crippen molar-refractivity contribution in [2.24, 2.45) is 0 Å². The fourth-order valence-corrected chi connectivity index (χ4v) is 2.94. The van der Waals surface area contributed by atoms with Crippen LogP contribution in [0.25, 0.3) is 0 Å². The summed E-state index contributed by atoms with van der Waals surface area (Å²) in [4.78, 5) is 0. The van der Waals surface area contributed by atoms with Gasteiger partial charge in [-0.25, -0.2) is 0 Å². The van der Waals surface area contributed by atoms with Crippen LogP contribution in [0.1, 0.15) is 63.1 Å². The maximum atomic E-state index is 5.93. The molecule has 20 heavy (non-hydrogen) atoms. The van der Waals surface area contributed by atoms with E-state index in [2.05, 4.69) is 43.4 Å². The number of benzene rings is 1. The summed E-state index contributed by atoms with van der Waals surface area (Å²) in [5.41, 5.74) is 2.85. The first-order valence-corrected chi connectivity index (χ1v) is 8.27. The van der Waals surface area contributed by atoms with E-state index >= 15 is 0 Å². The molecule has 0 aliphatic carbocycles. The monoisotopic (exact) mass is 275 g/mol. The molecule has 2 nitrogen and oxygen atoms in total. The normalized spacial score (nSPS) is 20.8. The molecule has 1 aliphatic rings. The third-order valence-electron chi connectivity index (χ3n) is 4.17. The van der Waals surface area contributed by atoms with Gasteiger partial charge in [0.2, 0.25) is 0 Å². The van der Waals surface area contributed by atoms with Crippen LogP contribution in [0.15, 0.2) is 24.3 Å². The molecule has 0 amide bonds. The van der Waals surface area contributed by atoms with Gasteiger partial charge in [0, 0.05) is 12.6 Å². The Hall–Kier alpha value is -0.860. The number of aryl methyl sites for hydroxylation is 1. The molecule has 112 valence electrons. The molecule has 1 saturated heterocycles. The van der Waals surface area contributed by atoms with Gasteiger partial charge in [-0.15, -0.1) is 0 Å². The quantitative estimate of drug-likeness (QED) is 0.803. The van der Waals surface area contributed by atoms with Gasteiger partial charge in [0.1, 0.15) is 0 Å². The van der Waals surface area contributed by atoms with Crippen LogP contribution in [0.3, 0.4) is 0 Å². The third kappa shape index (κ3) is 4.60. The highest BCUT2D eigenvalue weighted by Gasteiger charge is 2.20. The second kappa shape index (κ2) is 8.43. The molecule has 0 spiro atoms. The Balaban J connectivity index is 2.04. The Morgan fingerprint density at radius 3 is 2.90 bits per heavy atom. The Kier molecular flexibility index (Phi) is 6.55. The van der Waals surface area contributed by atoms with Gasteiger partial charge < -0.3 is 10.1 Å². The molecule has 2 unspecified atom stereocenters. The average Bonchev–Trinajstić information content (AvgIpc) is 2.52. The highest BCUT2D eigenvalue weighted by atomic mass is 16.5. The molecule has 0 aromatic heterocycles. The van der Waals surface area contributed by atoms with E-state index in [-0.39, 0.29) is 0 Å². The van der Waals surface area contributed by atoms with Gasteiger partial charge in [-0.05, 0) is 56.2 Å². The first-order valence-electron chi connectivity index (χ1n) is 8.27. The molecule has 2 atom stereocenters. The predicted octanol–water partition coefficient (Wildman–Crippen LogP) is 4.25. The van der Waals surface area contributed by atoms with Crippen molar-refractivity contribution in [1.29, 1.82) is 0 Å². The molecular formula is C18H29NO.